The lowest BCUT2D eigenvalue weighted by Gasteiger charge is -2.32. The van der Waals surface area contributed by atoms with Crippen molar-refractivity contribution >= 4 is 17.2 Å². The van der Waals surface area contributed by atoms with E-state index in [9.17, 15) is 9.59 Å². The molecule has 0 radical (unpaired) electrons. The largest absolute Gasteiger partial charge is 0.336 e. The second-order valence-electron chi connectivity index (χ2n) is 6.83. The number of nitrogens with zero attached hydrogens (tertiary/aromatic N) is 4. The van der Waals surface area contributed by atoms with Gasteiger partial charge in [-0.25, -0.2) is 9.67 Å². The maximum atomic E-state index is 13.0. The summed E-state index contributed by atoms with van der Waals surface area (Å²) in [5, 5.41) is 8.06. The maximum Gasteiger partial charge on any atom is 0.277 e. The van der Waals surface area contributed by atoms with Crippen molar-refractivity contribution < 1.29 is 4.79 Å². The van der Waals surface area contributed by atoms with Crippen LogP contribution in [-0.4, -0.2) is 51.8 Å². The van der Waals surface area contributed by atoms with Gasteiger partial charge in [-0.2, -0.15) is 5.10 Å². The Labute approximate surface area is 157 Å². The van der Waals surface area contributed by atoms with Crippen molar-refractivity contribution in [1.82, 2.24) is 25.0 Å². The highest BCUT2D eigenvalue weighted by atomic mass is 32.1. The van der Waals surface area contributed by atoms with Crippen LogP contribution in [0, 0.1) is 20.8 Å². The predicted octanol–water partition coefficient (Wildman–Crippen LogP) is 1.65. The number of aryl methyl sites for hydroxylation is 3. The molecular formula is C18H25N5O2S. The number of hydrogen-bond donors (Lipinski definition) is 1. The number of rotatable bonds is 3. The van der Waals surface area contributed by atoms with Crippen LogP contribution in [0.3, 0.4) is 0 Å². The topological polar surface area (TPSA) is 80.1 Å². The van der Waals surface area contributed by atoms with E-state index in [1.165, 1.54) is 16.0 Å². The molecule has 0 bridgehead atoms. The highest BCUT2D eigenvalue weighted by Crippen LogP contribution is 2.30. The molecule has 8 heteroatoms. The van der Waals surface area contributed by atoms with Crippen molar-refractivity contribution in [2.75, 3.05) is 20.1 Å². The second kappa shape index (κ2) is 7.28. The molecule has 3 heterocycles. The van der Waals surface area contributed by atoms with E-state index < -0.39 is 0 Å². The molecule has 1 N–H and O–H groups in total. The molecule has 140 valence electrons. The smallest absolute Gasteiger partial charge is 0.277 e. The molecule has 7 nitrogen and oxygen atoms in total. The minimum atomic E-state index is -0.186. The van der Waals surface area contributed by atoms with Gasteiger partial charge in [-0.15, -0.1) is 11.3 Å². The minimum Gasteiger partial charge on any atom is -0.336 e. The normalized spacial score (nSPS) is 17.6. The third-order valence-electron chi connectivity index (χ3n) is 5.05. The van der Waals surface area contributed by atoms with Gasteiger partial charge in [0.1, 0.15) is 9.88 Å². The fraction of sp³-hybridized carbons (Fsp3) is 0.556. The van der Waals surface area contributed by atoms with E-state index in [0.717, 1.165) is 30.6 Å². The van der Waals surface area contributed by atoms with Crippen molar-refractivity contribution in [3.05, 3.63) is 32.2 Å². The van der Waals surface area contributed by atoms with E-state index in [1.54, 1.807) is 7.05 Å². The predicted molar refractivity (Wildman–Crippen MR) is 103 cm³/mol. The van der Waals surface area contributed by atoms with Crippen LogP contribution < -0.4 is 10.9 Å². The molecule has 2 aromatic heterocycles. The Morgan fingerprint density at radius 3 is 2.69 bits per heavy atom. The SMILES string of the molecule is CNC1CCCN(C(=O)c2sc(-c3c(C)c(C)nn(C)c3=O)nc2C)C1. The molecule has 0 aromatic carbocycles. The van der Waals surface area contributed by atoms with E-state index in [1.807, 2.05) is 32.7 Å². The highest BCUT2D eigenvalue weighted by Gasteiger charge is 2.27. The summed E-state index contributed by atoms with van der Waals surface area (Å²) in [6, 6.07) is 0.331. The third-order valence-corrected chi connectivity index (χ3v) is 6.21. The third kappa shape index (κ3) is 3.31. The first-order valence-electron chi connectivity index (χ1n) is 8.82. The summed E-state index contributed by atoms with van der Waals surface area (Å²) in [7, 11) is 3.56. The van der Waals surface area contributed by atoms with Crippen LogP contribution in [-0.2, 0) is 7.05 Å². The molecule has 1 amide bonds. The first kappa shape index (κ1) is 18.7. The number of thiazole rings is 1. The van der Waals surface area contributed by atoms with Gasteiger partial charge in [0.15, 0.2) is 0 Å². The summed E-state index contributed by atoms with van der Waals surface area (Å²) in [6.07, 6.45) is 2.07. The summed E-state index contributed by atoms with van der Waals surface area (Å²) in [6.45, 7) is 7.05. The zero-order valence-corrected chi connectivity index (χ0v) is 16.7. The summed E-state index contributed by atoms with van der Waals surface area (Å²) in [5.41, 5.74) is 2.63. The highest BCUT2D eigenvalue weighted by molar-refractivity contribution is 7.17. The number of carbonyl (C=O) groups is 1. The van der Waals surface area contributed by atoms with Crippen LogP contribution in [0.5, 0.6) is 0 Å². The Bertz CT molecular complexity index is 902. The second-order valence-corrected chi connectivity index (χ2v) is 7.83. The Balaban J connectivity index is 1.98. The molecule has 1 atom stereocenters. The Hall–Kier alpha value is -2.06. The Morgan fingerprint density at radius 1 is 1.27 bits per heavy atom. The van der Waals surface area contributed by atoms with Crippen LogP contribution in [0.25, 0.3) is 10.6 Å². The quantitative estimate of drug-likeness (QED) is 0.882. The number of aromatic nitrogens is 3. The average Bonchev–Trinajstić information content (AvgIpc) is 3.01. The lowest BCUT2D eigenvalue weighted by molar-refractivity contribution is 0.0702. The lowest BCUT2D eigenvalue weighted by atomic mass is 10.1. The standard InChI is InChI=1S/C18H25N5O2S/c1-10-11(2)21-22(5)17(24)14(10)16-20-12(3)15(26-16)18(25)23-8-6-7-13(9-23)19-4/h13,19H,6-9H2,1-5H3. The van der Waals surface area contributed by atoms with Gasteiger partial charge in [-0.1, -0.05) is 0 Å². The maximum absolute atomic E-state index is 13.0. The van der Waals surface area contributed by atoms with Crippen molar-refractivity contribution in [3.8, 4) is 10.6 Å². The first-order valence-corrected chi connectivity index (χ1v) is 9.64. The van der Waals surface area contributed by atoms with E-state index in [-0.39, 0.29) is 11.5 Å². The molecule has 1 aliphatic rings. The van der Waals surface area contributed by atoms with Crippen LogP contribution in [0.2, 0.25) is 0 Å². The first-order chi connectivity index (χ1) is 12.3. The zero-order chi connectivity index (χ0) is 19.0. The lowest BCUT2D eigenvalue weighted by Crippen LogP contribution is -2.46. The number of amides is 1. The molecule has 0 spiro atoms. The molecule has 1 aliphatic heterocycles. The molecule has 0 aliphatic carbocycles. The van der Waals surface area contributed by atoms with Gasteiger partial charge < -0.3 is 10.2 Å². The number of piperidine rings is 1. The van der Waals surface area contributed by atoms with Gasteiger partial charge >= 0.3 is 0 Å². The van der Waals surface area contributed by atoms with Crippen LogP contribution in [0.1, 0.15) is 39.5 Å². The van der Waals surface area contributed by atoms with Crippen molar-refractivity contribution in [1.29, 1.82) is 0 Å². The van der Waals surface area contributed by atoms with E-state index in [2.05, 4.69) is 15.4 Å². The number of carbonyl (C=O) groups excluding carboxylic acids is 1. The van der Waals surface area contributed by atoms with E-state index in [4.69, 9.17) is 0 Å². The fourth-order valence-corrected chi connectivity index (χ4v) is 4.47. The monoisotopic (exact) mass is 375 g/mol. The van der Waals surface area contributed by atoms with Crippen LogP contribution >= 0.6 is 11.3 Å². The summed E-state index contributed by atoms with van der Waals surface area (Å²) in [5.74, 6) is 0.00598. The van der Waals surface area contributed by atoms with Gasteiger partial charge in [0.25, 0.3) is 11.5 Å². The van der Waals surface area contributed by atoms with Gasteiger partial charge in [0, 0.05) is 26.2 Å². The molecular weight excluding hydrogens is 350 g/mol. The van der Waals surface area contributed by atoms with Crippen molar-refractivity contribution in [2.45, 2.75) is 39.7 Å². The molecule has 2 aromatic rings. The van der Waals surface area contributed by atoms with Crippen LogP contribution in [0.4, 0.5) is 0 Å². The molecule has 0 saturated carbocycles. The van der Waals surface area contributed by atoms with Gasteiger partial charge in [-0.3, -0.25) is 9.59 Å². The zero-order valence-electron chi connectivity index (χ0n) is 15.9. The summed E-state index contributed by atoms with van der Waals surface area (Å²) in [4.78, 5) is 32.6. The Kier molecular flexibility index (Phi) is 5.24. The van der Waals surface area contributed by atoms with Gasteiger partial charge in [-0.05, 0) is 46.2 Å². The number of likely N-dealkylation sites (N-methyl/N-ethyl adjacent to an activating group) is 1. The minimum absolute atomic E-state index is 0.00598. The van der Waals surface area contributed by atoms with Gasteiger partial charge in [0.2, 0.25) is 0 Å². The molecule has 3 rings (SSSR count). The Morgan fingerprint density at radius 2 is 2.00 bits per heavy atom. The number of likely N-dealkylation sites (tertiary alicyclic amines) is 1. The molecule has 26 heavy (non-hydrogen) atoms. The average molecular weight is 375 g/mol. The van der Waals surface area contributed by atoms with Crippen molar-refractivity contribution in [2.24, 2.45) is 7.05 Å². The molecule has 1 fully saturated rings. The van der Waals surface area contributed by atoms with Crippen molar-refractivity contribution in [3.63, 3.8) is 0 Å². The number of nitrogens with one attached hydrogen (secondary N) is 1. The van der Waals surface area contributed by atoms with E-state index in [0.29, 0.717) is 33.7 Å². The fourth-order valence-electron chi connectivity index (χ4n) is 3.34. The van der Waals surface area contributed by atoms with Gasteiger partial charge in [0.05, 0.1) is 17.0 Å². The summed E-state index contributed by atoms with van der Waals surface area (Å²) >= 11 is 1.31. The molecule has 1 unspecified atom stereocenters. The summed E-state index contributed by atoms with van der Waals surface area (Å²) < 4.78 is 1.33. The number of hydrogen-bond acceptors (Lipinski definition) is 6. The molecule has 1 saturated heterocycles. The van der Waals surface area contributed by atoms with Crippen LogP contribution in [0.15, 0.2) is 4.79 Å². The van der Waals surface area contributed by atoms with E-state index >= 15 is 0 Å².